The van der Waals surface area contributed by atoms with Crippen LogP contribution in [0.1, 0.15) is 15.9 Å². The van der Waals surface area contributed by atoms with Gasteiger partial charge in [-0.1, -0.05) is 30.3 Å². The second-order valence-corrected chi connectivity index (χ2v) is 8.52. The van der Waals surface area contributed by atoms with E-state index in [0.717, 1.165) is 5.56 Å². The highest BCUT2D eigenvalue weighted by Gasteiger charge is 2.23. The van der Waals surface area contributed by atoms with Crippen LogP contribution in [-0.2, 0) is 10.0 Å². The normalized spacial score (nSPS) is 11.0. The number of sulfonamides is 1. The number of nitro benzene ring substituents is 1. The number of hydrogen-bond acceptors (Lipinski definition) is 5. The fraction of sp³-hybridized carbons (Fsp3) is 0.0952. The van der Waals surface area contributed by atoms with Gasteiger partial charge in [0.15, 0.2) is 0 Å². The van der Waals surface area contributed by atoms with E-state index in [1.54, 1.807) is 12.1 Å². The van der Waals surface area contributed by atoms with Crippen molar-refractivity contribution in [2.45, 2.75) is 11.8 Å². The van der Waals surface area contributed by atoms with Crippen LogP contribution in [0.4, 0.5) is 17.1 Å². The zero-order valence-electron chi connectivity index (χ0n) is 16.3. The van der Waals surface area contributed by atoms with E-state index < -0.39 is 20.9 Å². The summed E-state index contributed by atoms with van der Waals surface area (Å²) in [6, 6.07) is 18.2. The van der Waals surface area contributed by atoms with Crippen molar-refractivity contribution < 1.29 is 18.1 Å². The Morgan fingerprint density at radius 1 is 1.00 bits per heavy atom. The summed E-state index contributed by atoms with van der Waals surface area (Å²) >= 11 is 0. The molecular weight excluding hydrogens is 406 g/mol. The molecule has 0 aliphatic rings. The fourth-order valence-corrected chi connectivity index (χ4v) is 4.21. The van der Waals surface area contributed by atoms with Crippen LogP contribution in [0.3, 0.4) is 0 Å². The average molecular weight is 425 g/mol. The number of hydrogen-bond donors (Lipinski definition) is 1. The number of benzene rings is 3. The van der Waals surface area contributed by atoms with Crippen LogP contribution in [-0.4, -0.2) is 26.3 Å². The lowest BCUT2D eigenvalue weighted by Gasteiger charge is -2.21. The van der Waals surface area contributed by atoms with E-state index in [1.165, 1.54) is 59.9 Å². The molecule has 1 N–H and O–H groups in total. The number of nitro groups is 1. The molecule has 30 heavy (non-hydrogen) atoms. The topological polar surface area (TPSA) is 110 Å². The standard InChI is InChI=1S/C21H19N3O5S/c1-15-7-3-4-12-20(15)23(2)30(28,29)19-11-5-8-16(13-19)21(25)22-17-9-6-10-18(14-17)24(26)27/h3-14H,1-2H3,(H,22,25). The molecule has 0 aliphatic carbocycles. The molecule has 0 saturated heterocycles. The highest BCUT2D eigenvalue weighted by atomic mass is 32.2. The molecule has 0 saturated carbocycles. The minimum absolute atomic E-state index is 0.0417. The van der Waals surface area contributed by atoms with Crippen LogP contribution in [0.15, 0.2) is 77.7 Å². The maximum absolute atomic E-state index is 13.1. The van der Waals surface area contributed by atoms with Crippen molar-refractivity contribution in [3.63, 3.8) is 0 Å². The molecule has 0 aliphatic heterocycles. The molecule has 154 valence electrons. The van der Waals surface area contributed by atoms with Crippen molar-refractivity contribution in [2.24, 2.45) is 0 Å². The van der Waals surface area contributed by atoms with Gasteiger partial charge in [-0.05, 0) is 42.8 Å². The van der Waals surface area contributed by atoms with Gasteiger partial charge in [0.25, 0.3) is 21.6 Å². The second kappa shape index (κ2) is 8.34. The summed E-state index contributed by atoms with van der Waals surface area (Å²) < 4.78 is 27.3. The molecule has 3 aromatic carbocycles. The monoisotopic (exact) mass is 425 g/mol. The summed E-state index contributed by atoms with van der Waals surface area (Å²) in [5.41, 5.74) is 1.51. The molecule has 0 spiro atoms. The molecule has 0 fully saturated rings. The number of anilines is 2. The zero-order valence-corrected chi connectivity index (χ0v) is 17.1. The molecule has 0 radical (unpaired) electrons. The van der Waals surface area contributed by atoms with E-state index in [2.05, 4.69) is 5.32 Å². The number of amides is 1. The lowest BCUT2D eigenvalue weighted by atomic mass is 10.2. The first kappa shape index (κ1) is 21.0. The zero-order chi connectivity index (χ0) is 21.9. The maximum Gasteiger partial charge on any atom is 0.271 e. The summed E-state index contributed by atoms with van der Waals surface area (Å²) in [5, 5.41) is 13.4. The Balaban J connectivity index is 1.88. The van der Waals surface area contributed by atoms with Gasteiger partial charge in [0.2, 0.25) is 0 Å². The summed E-state index contributed by atoms with van der Waals surface area (Å²) in [7, 11) is -2.45. The third-order valence-electron chi connectivity index (χ3n) is 4.52. The second-order valence-electron chi connectivity index (χ2n) is 6.55. The van der Waals surface area contributed by atoms with Gasteiger partial charge in [-0.2, -0.15) is 0 Å². The van der Waals surface area contributed by atoms with E-state index in [9.17, 15) is 23.3 Å². The van der Waals surface area contributed by atoms with Crippen LogP contribution in [0.25, 0.3) is 0 Å². The lowest BCUT2D eigenvalue weighted by molar-refractivity contribution is -0.384. The van der Waals surface area contributed by atoms with Crippen molar-refractivity contribution in [3.05, 3.63) is 94.0 Å². The fourth-order valence-electron chi connectivity index (χ4n) is 2.90. The van der Waals surface area contributed by atoms with E-state index in [4.69, 9.17) is 0 Å². The number of para-hydroxylation sites is 1. The van der Waals surface area contributed by atoms with Gasteiger partial charge in [-0.3, -0.25) is 19.2 Å². The number of nitrogens with zero attached hydrogens (tertiary/aromatic N) is 2. The van der Waals surface area contributed by atoms with Crippen molar-refractivity contribution in [1.29, 1.82) is 0 Å². The molecule has 3 aromatic rings. The van der Waals surface area contributed by atoms with Gasteiger partial charge in [-0.25, -0.2) is 8.42 Å². The van der Waals surface area contributed by atoms with E-state index in [0.29, 0.717) is 5.69 Å². The number of carbonyl (C=O) groups is 1. The minimum Gasteiger partial charge on any atom is -0.322 e. The Hall–Kier alpha value is -3.72. The summed E-state index contributed by atoms with van der Waals surface area (Å²) in [4.78, 5) is 22.9. The number of rotatable bonds is 6. The van der Waals surface area contributed by atoms with Crippen LogP contribution in [0, 0.1) is 17.0 Å². The number of carbonyl (C=O) groups excluding carboxylic acids is 1. The first-order valence-corrected chi connectivity index (χ1v) is 10.3. The molecule has 0 aromatic heterocycles. The molecule has 0 atom stereocenters. The molecule has 1 amide bonds. The van der Waals surface area contributed by atoms with Crippen LogP contribution in [0.5, 0.6) is 0 Å². The molecule has 9 heteroatoms. The first-order valence-electron chi connectivity index (χ1n) is 8.90. The maximum atomic E-state index is 13.1. The minimum atomic E-state index is -3.90. The quantitative estimate of drug-likeness (QED) is 0.474. The predicted molar refractivity (Wildman–Crippen MR) is 114 cm³/mol. The molecule has 3 rings (SSSR count). The molecule has 0 bridgehead atoms. The number of nitrogens with one attached hydrogen (secondary N) is 1. The van der Waals surface area contributed by atoms with Crippen molar-refractivity contribution >= 4 is 33.0 Å². The van der Waals surface area contributed by atoms with Gasteiger partial charge in [0.05, 0.1) is 15.5 Å². The first-order chi connectivity index (χ1) is 14.2. The number of aryl methyl sites for hydroxylation is 1. The Kier molecular flexibility index (Phi) is 5.84. The SMILES string of the molecule is Cc1ccccc1N(C)S(=O)(=O)c1cccc(C(=O)Nc2cccc([N+](=O)[O-])c2)c1. The molecule has 0 unspecified atom stereocenters. The summed E-state index contributed by atoms with van der Waals surface area (Å²) in [6.45, 7) is 1.81. The van der Waals surface area contributed by atoms with Gasteiger partial charge < -0.3 is 5.32 Å². The number of non-ortho nitro benzene ring substituents is 1. The predicted octanol–water partition coefficient (Wildman–Crippen LogP) is 3.98. The highest BCUT2D eigenvalue weighted by Crippen LogP contribution is 2.26. The molecule has 8 nitrogen and oxygen atoms in total. The molecule has 0 heterocycles. The van der Waals surface area contributed by atoms with E-state index >= 15 is 0 Å². The van der Waals surface area contributed by atoms with Gasteiger partial charge in [0, 0.05) is 30.4 Å². The lowest BCUT2D eigenvalue weighted by Crippen LogP contribution is -2.27. The van der Waals surface area contributed by atoms with E-state index in [-0.39, 0.29) is 21.8 Å². The van der Waals surface area contributed by atoms with Crippen LogP contribution >= 0.6 is 0 Å². The summed E-state index contributed by atoms with van der Waals surface area (Å²) in [6.07, 6.45) is 0. The van der Waals surface area contributed by atoms with Crippen LogP contribution < -0.4 is 9.62 Å². The van der Waals surface area contributed by atoms with Crippen molar-refractivity contribution in [3.8, 4) is 0 Å². The highest BCUT2D eigenvalue weighted by molar-refractivity contribution is 7.92. The van der Waals surface area contributed by atoms with Crippen molar-refractivity contribution in [2.75, 3.05) is 16.7 Å². The van der Waals surface area contributed by atoms with Gasteiger partial charge in [0.1, 0.15) is 0 Å². The summed E-state index contributed by atoms with van der Waals surface area (Å²) in [5.74, 6) is -0.578. The van der Waals surface area contributed by atoms with Gasteiger partial charge >= 0.3 is 0 Å². The average Bonchev–Trinajstić information content (AvgIpc) is 2.74. The van der Waals surface area contributed by atoms with Crippen LogP contribution in [0.2, 0.25) is 0 Å². The van der Waals surface area contributed by atoms with E-state index in [1.807, 2.05) is 19.1 Å². The molecular formula is C21H19N3O5S. The Bertz CT molecular complexity index is 1220. The van der Waals surface area contributed by atoms with Crippen molar-refractivity contribution in [1.82, 2.24) is 0 Å². The Morgan fingerprint density at radius 2 is 1.70 bits per heavy atom. The van der Waals surface area contributed by atoms with Gasteiger partial charge in [-0.15, -0.1) is 0 Å². The third kappa shape index (κ3) is 4.31. The third-order valence-corrected chi connectivity index (χ3v) is 6.29. The Morgan fingerprint density at radius 3 is 2.40 bits per heavy atom. The smallest absolute Gasteiger partial charge is 0.271 e. The largest absolute Gasteiger partial charge is 0.322 e. The Labute approximate surface area is 174 Å².